The molecule has 1 amide bonds. The number of amides is 1. The predicted molar refractivity (Wildman–Crippen MR) is 81.0 cm³/mol. The molecule has 6 heteroatoms. The maximum Gasteiger partial charge on any atom is 0.244 e. The summed E-state index contributed by atoms with van der Waals surface area (Å²) in [6, 6.07) is 11.1. The molecule has 1 atom stereocenters. The molecule has 1 aromatic carbocycles. The van der Waals surface area contributed by atoms with Crippen molar-refractivity contribution in [2.24, 2.45) is 5.73 Å². The molecule has 1 heterocycles. The largest absolute Gasteiger partial charge is 0.383 e. The lowest BCUT2D eigenvalue weighted by Gasteiger charge is -2.12. The fraction of sp³-hybridized carbons (Fsp3) is 0.333. The molecular formula is C15H20N4O2. The summed E-state index contributed by atoms with van der Waals surface area (Å²) in [5.41, 5.74) is 7.66. The Morgan fingerprint density at radius 1 is 1.43 bits per heavy atom. The number of carbonyl (C=O) groups excluding carboxylic acids is 1. The number of aryl methyl sites for hydroxylation is 1. The van der Waals surface area contributed by atoms with Crippen molar-refractivity contribution in [1.29, 1.82) is 0 Å². The van der Waals surface area contributed by atoms with E-state index in [0.717, 1.165) is 11.3 Å². The second-order valence-electron chi connectivity index (χ2n) is 4.87. The van der Waals surface area contributed by atoms with E-state index >= 15 is 0 Å². The Bertz CT molecular complexity index is 595. The SMILES string of the molecule is COCC(N)C(=O)Nc1cc(C)nn1Cc1ccccc1. The molecule has 0 aliphatic carbocycles. The average Bonchev–Trinajstić information content (AvgIpc) is 2.80. The molecule has 0 fully saturated rings. The van der Waals surface area contributed by atoms with Crippen LogP contribution in [0.3, 0.4) is 0 Å². The average molecular weight is 288 g/mol. The van der Waals surface area contributed by atoms with E-state index in [2.05, 4.69) is 10.4 Å². The maximum absolute atomic E-state index is 12.0. The number of aromatic nitrogens is 2. The number of hydrogen-bond acceptors (Lipinski definition) is 4. The highest BCUT2D eigenvalue weighted by molar-refractivity contribution is 5.94. The lowest BCUT2D eigenvalue weighted by Crippen LogP contribution is -2.39. The molecule has 112 valence electrons. The number of nitrogens with two attached hydrogens (primary N) is 1. The molecule has 1 aromatic heterocycles. The Balaban J connectivity index is 2.12. The first kappa shape index (κ1) is 15.2. The van der Waals surface area contributed by atoms with Crippen LogP contribution in [0.1, 0.15) is 11.3 Å². The molecule has 2 rings (SSSR count). The van der Waals surface area contributed by atoms with Crippen LogP contribution < -0.4 is 11.1 Å². The molecule has 21 heavy (non-hydrogen) atoms. The third-order valence-electron chi connectivity index (χ3n) is 3.01. The number of anilines is 1. The van der Waals surface area contributed by atoms with Crippen LogP contribution in [0.15, 0.2) is 36.4 Å². The lowest BCUT2D eigenvalue weighted by molar-refractivity contribution is -0.118. The zero-order valence-electron chi connectivity index (χ0n) is 12.2. The maximum atomic E-state index is 12.0. The summed E-state index contributed by atoms with van der Waals surface area (Å²) in [5.74, 6) is 0.346. The number of nitrogens with one attached hydrogen (secondary N) is 1. The predicted octanol–water partition coefficient (Wildman–Crippen LogP) is 1.15. The minimum Gasteiger partial charge on any atom is -0.383 e. The topological polar surface area (TPSA) is 82.2 Å². The number of hydrogen-bond donors (Lipinski definition) is 2. The van der Waals surface area contributed by atoms with Crippen molar-refractivity contribution in [3.05, 3.63) is 47.7 Å². The monoisotopic (exact) mass is 288 g/mol. The smallest absolute Gasteiger partial charge is 0.244 e. The van der Waals surface area contributed by atoms with Crippen LogP contribution in [0.25, 0.3) is 0 Å². The minimum atomic E-state index is -0.699. The van der Waals surface area contributed by atoms with E-state index in [1.54, 1.807) is 4.68 Å². The molecule has 3 N–H and O–H groups in total. The Labute approximate surface area is 123 Å². The van der Waals surface area contributed by atoms with Crippen molar-refractivity contribution in [3.8, 4) is 0 Å². The summed E-state index contributed by atoms with van der Waals surface area (Å²) in [7, 11) is 1.51. The van der Waals surface area contributed by atoms with E-state index < -0.39 is 6.04 Å². The van der Waals surface area contributed by atoms with Crippen LogP contribution in [-0.4, -0.2) is 35.4 Å². The van der Waals surface area contributed by atoms with Crippen molar-refractivity contribution in [2.75, 3.05) is 19.0 Å². The van der Waals surface area contributed by atoms with E-state index in [1.165, 1.54) is 7.11 Å². The van der Waals surface area contributed by atoms with Gasteiger partial charge in [-0.25, -0.2) is 4.68 Å². The third-order valence-corrected chi connectivity index (χ3v) is 3.01. The second-order valence-corrected chi connectivity index (χ2v) is 4.87. The Morgan fingerprint density at radius 2 is 2.14 bits per heavy atom. The summed E-state index contributed by atoms with van der Waals surface area (Å²) in [5, 5.41) is 7.19. The summed E-state index contributed by atoms with van der Waals surface area (Å²) in [6.07, 6.45) is 0. The van der Waals surface area contributed by atoms with Crippen molar-refractivity contribution < 1.29 is 9.53 Å². The highest BCUT2D eigenvalue weighted by Crippen LogP contribution is 2.13. The van der Waals surface area contributed by atoms with Gasteiger partial charge in [-0.05, 0) is 12.5 Å². The molecule has 0 saturated carbocycles. The fourth-order valence-corrected chi connectivity index (χ4v) is 2.00. The highest BCUT2D eigenvalue weighted by Gasteiger charge is 2.16. The van der Waals surface area contributed by atoms with Crippen LogP contribution in [0.2, 0.25) is 0 Å². The zero-order chi connectivity index (χ0) is 15.2. The molecule has 0 aliphatic heterocycles. The van der Waals surface area contributed by atoms with Crippen molar-refractivity contribution in [1.82, 2.24) is 9.78 Å². The third kappa shape index (κ3) is 4.14. The molecule has 6 nitrogen and oxygen atoms in total. The molecule has 2 aromatic rings. The van der Waals surface area contributed by atoms with E-state index in [-0.39, 0.29) is 12.5 Å². The van der Waals surface area contributed by atoms with Crippen LogP contribution >= 0.6 is 0 Å². The quantitative estimate of drug-likeness (QED) is 0.835. The van der Waals surface area contributed by atoms with E-state index in [4.69, 9.17) is 10.5 Å². The van der Waals surface area contributed by atoms with E-state index in [1.807, 2.05) is 43.3 Å². The number of carbonyl (C=O) groups is 1. The van der Waals surface area contributed by atoms with Crippen LogP contribution in [0, 0.1) is 6.92 Å². The van der Waals surface area contributed by atoms with Gasteiger partial charge >= 0.3 is 0 Å². The Hall–Kier alpha value is -2.18. The number of nitrogens with zero attached hydrogens (tertiary/aromatic N) is 2. The number of benzene rings is 1. The standard InChI is InChI=1S/C15H20N4O2/c1-11-8-14(17-15(20)13(16)10-21-2)19(18-11)9-12-6-4-3-5-7-12/h3-8,13H,9-10,16H2,1-2H3,(H,17,20). The number of methoxy groups -OCH3 is 1. The Morgan fingerprint density at radius 3 is 2.81 bits per heavy atom. The van der Waals surface area contributed by atoms with Gasteiger partial charge in [0.05, 0.1) is 18.8 Å². The van der Waals surface area contributed by atoms with Gasteiger partial charge in [0.15, 0.2) is 0 Å². The van der Waals surface area contributed by atoms with Gasteiger partial charge in [0.25, 0.3) is 0 Å². The van der Waals surface area contributed by atoms with Crippen LogP contribution in [0.4, 0.5) is 5.82 Å². The molecule has 0 bridgehead atoms. The van der Waals surface area contributed by atoms with Crippen LogP contribution in [0.5, 0.6) is 0 Å². The summed E-state index contributed by atoms with van der Waals surface area (Å²) in [6.45, 7) is 2.65. The van der Waals surface area contributed by atoms with Crippen LogP contribution in [-0.2, 0) is 16.1 Å². The summed E-state index contributed by atoms with van der Waals surface area (Å²) in [4.78, 5) is 12.0. The lowest BCUT2D eigenvalue weighted by atomic mass is 10.2. The zero-order valence-corrected chi connectivity index (χ0v) is 12.2. The summed E-state index contributed by atoms with van der Waals surface area (Å²) >= 11 is 0. The van der Waals surface area contributed by atoms with Gasteiger partial charge in [-0.1, -0.05) is 30.3 Å². The first-order valence-electron chi connectivity index (χ1n) is 6.74. The number of ether oxygens (including phenoxy) is 1. The first-order valence-corrected chi connectivity index (χ1v) is 6.74. The normalized spacial score (nSPS) is 12.1. The molecule has 1 unspecified atom stereocenters. The Kier molecular flexibility index (Phi) is 5.08. The first-order chi connectivity index (χ1) is 10.1. The van der Waals surface area contributed by atoms with Gasteiger partial charge in [-0.2, -0.15) is 5.10 Å². The summed E-state index contributed by atoms with van der Waals surface area (Å²) < 4.78 is 6.64. The number of rotatable bonds is 6. The van der Waals surface area contributed by atoms with Gasteiger partial charge in [0.2, 0.25) is 5.91 Å². The van der Waals surface area contributed by atoms with Gasteiger partial charge in [0, 0.05) is 13.2 Å². The van der Waals surface area contributed by atoms with Crippen molar-refractivity contribution >= 4 is 11.7 Å². The second kappa shape index (κ2) is 7.01. The molecule has 0 spiro atoms. The van der Waals surface area contributed by atoms with Gasteiger partial charge < -0.3 is 15.8 Å². The highest BCUT2D eigenvalue weighted by atomic mass is 16.5. The van der Waals surface area contributed by atoms with E-state index in [0.29, 0.717) is 12.4 Å². The molecule has 0 aliphatic rings. The minimum absolute atomic E-state index is 0.178. The van der Waals surface area contributed by atoms with Gasteiger partial charge in [-0.15, -0.1) is 0 Å². The molecule has 0 radical (unpaired) electrons. The van der Waals surface area contributed by atoms with Crippen molar-refractivity contribution in [3.63, 3.8) is 0 Å². The fourth-order valence-electron chi connectivity index (χ4n) is 2.00. The van der Waals surface area contributed by atoms with Gasteiger partial charge in [0.1, 0.15) is 11.9 Å². The van der Waals surface area contributed by atoms with Crippen molar-refractivity contribution in [2.45, 2.75) is 19.5 Å². The van der Waals surface area contributed by atoms with Gasteiger partial charge in [-0.3, -0.25) is 4.79 Å². The molecule has 0 saturated heterocycles. The molecular weight excluding hydrogens is 268 g/mol. The van der Waals surface area contributed by atoms with E-state index in [9.17, 15) is 4.79 Å².